The van der Waals surface area contributed by atoms with Gasteiger partial charge in [-0.25, -0.2) is 9.59 Å². The normalized spacial score (nSPS) is 15.1. The molecule has 0 radical (unpaired) electrons. The molecule has 1 aliphatic rings. The minimum atomic E-state index is -2.91. The highest BCUT2D eigenvalue weighted by atomic mass is 16.8. The molecule has 0 fully saturated rings. The largest absolute Gasteiger partial charge is 0.475 e. The van der Waals surface area contributed by atoms with Crippen LogP contribution in [0.3, 0.4) is 0 Å². The number of ether oxygens (including phenoxy) is 2. The Labute approximate surface area is 98.3 Å². The lowest BCUT2D eigenvalue weighted by atomic mass is 10.3. The highest BCUT2D eigenvalue weighted by Crippen LogP contribution is 2.41. The predicted octanol–water partition coefficient (Wildman–Crippen LogP) is 0.231. The molecule has 0 aromatic heterocycles. The molecule has 1 aromatic rings. The fourth-order valence-electron chi connectivity index (χ4n) is 1.37. The number of carboxylic acid groups (broad SMARTS) is 2. The van der Waals surface area contributed by atoms with Gasteiger partial charge in [0, 0.05) is 6.07 Å². The first-order valence-corrected chi connectivity index (χ1v) is 4.50. The second kappa shape index (κ2) is 3.58. The molecule has 2 rings (SSSR count). The Morgan fingerprint density at radius 2 is 1.72 bits per heavy atom. The van der Waals surface area contributed by atoms with Crippen LogP contribution in [0.4, 0.5) is 5.69 Å². The Hall–Kier alpha value is -2.84. The van der Waals surface area contributed by atoms with Crippen LogP contribution in [-0.4, -0.2) is 32.9 Å². The number of hydrogen-bond acceptors (Lipinski definition) is 6. The Balaban J connectivity index is 2.46. The van der Waals surface area contributed by atoms with E-state index in [4.69, 9.17) is 14.9 Å². The molecule has 1 heterocycles. The Morgan fingerprint density at radius 3 is 2.22 bits per heavy atom. The smallest absolute Gasteiger partial charge is 0.453 e. The summed E-state index contributed by atoms with van der Waals surface area (Å²) in [6, 6.07) is 3.01. The van der Waals surface area contributed by atoms with E-state index in [2.05, 4.69) is 4.74 Å². The number of rotatable bonds is 3. The van der Waals surface area contributed by atoms with Gasteiger partial charge in [0.25, 0.3) is 5.69 Å². The predicted molar refractivity (Wildman–Crippen MR) is 52.4 cm³/mol. The summed E-state index contributed by atoms with van der Waals surface area (Å²) in [5.74, 6) is -7.14. The molecular formula is C9H5NO8. The van der Waals surface area contributed by atoms with Gasteiger partial charge < -0.3 is 19.7 Å². The first kappa shape index (κ1) is 11.6. The van der Waals surface area contributed by atoms with E-state index in [1.54, 1.807) is 0 Å². The monoisotopic (exact) mass is 255 g/mol. The van der Waals surface area contributed by atoms with E-state index < -0.39 is 22.6 Å². The van der Waals surface area contributed by atoms with Gasteiger partial charge in [0.15, 0.2) is 11.5 Å². The highest BCUT2D eigenvalue weighted by molar-refractivity contribution is 6.01. The molecule has 1 aromatic carbocycles. The third kappa shape index (κ3) is 1.49. The van der Waals surface area contributed by atoms with E-state index in [-0.39, 0.29) is 17.2 Å². The zero-order valence-electron chi connectivity index (χ0n) is 8.52. The highest BCUT2D eigenvalue weighted by Gasteiger charge is 2.57. The molecule has 1 aliphatic heterocycles. The van der Waals surface area contributed by atoms with Gasteiger partial charge in [-0.2, -0.15) is 0 Å². The number of non-ortho nitro benzene ring substituents is 1. The van der Waals surface area contributed by atoms with Crippen LogP contribution in [0, 0.1) is 10.1 Å². The summed E-state index contributed by atoms with van der Waals surface area (Å²) < 4.78 is 9.39. The van der Waals surface area contributed by atoms with E-state index in [0.29, 0.717) is 0 Å². The lowest BCUT2D eigenvalue weighted by molar-refractivity contribution is -0.384. The van der Waals surface area contributed by atoms with Gasteiger partial charge in [-0.3, -0.25) is 10.1 Å². The maximum atomic E-state index is 10.9. The van der Waals surface area contributed by atoms with E-state index in [1.807, 2.05) is 0 Å². The van der Waals surface area contributed by atoms with Crippen LogP contribution >= 0.6 is 0 Å². The van der Waals surface area contributed by atoms with Crippen molar-refractivity contribution in [3.63, 3.8) is 0 Å². The zero-order valence-corrected chi connectivity index (χ0v) is 8.52. The van der Waals surface area contributed by atoms with Crippen molar-refractivity contribution in [3.05, 3.63) is 28.3 Å². The SMILES string of the molecule is O=C(O)C1(C(=O)O)Oc2ccc([N+](=O)[O-])cc2O1. The molecule has 0 atom stereocenters. The zero-order chi connectivity index (χ0) is 13.5. The summed E-state index contributed by atoms with van der Waals surface area (Å²) >= 11 is 0. The van der Waals surface area contributed by atoms with Gasteiger partial charge in [0.1, 0.15) is 0 Å². The third-order valence-electron chi connectivity index (χ3n) is 2.21. The van der Waals surface area contributed by atoms with E-state index in [1.165, 1.54) is 0 Å². The summed E-state index contributed by atoms with van der Waals surface area (Å²) in [6.45, 7) is 0. The van der Waals surface area contributed by atoms with Crippen molar-refractivity contribution in [2.24, 2.45) is 0 Å². The second-order valence-corrected chi connectivity index (χ2v) is 3.32. The fourth-order valence-corrected chi connectivity index (χ4v) is 1.37. The lowest BCUT2D eigenvalue weighted by Gasteiger charge is -2.16. The molecular weight excluding hydrogens is 250 g/mol. The number of fused-ring (bicyclic) bond motifs is 1. The topological polar surface area (TPSA) is 136 Å². The summed E-state index contributed by atoms with van der Waals surface area (Å²) in [7, 11) is 0. The summed E-state index contributed by atoms with van der Waals surface area (Å²) in [5, 5.41) is 28.1. The number of benzene rings is 1. The minimum absolute atomic E-state index is 0.189. The molecule has 94 valence electrons. The molecule has 2 N–H and O–H groups in total. The number of aliphatic carboxylic acids is 2. The number of carboxylic acids is 2. The van der Waals surface area contributed by atoms with Gasteiger partial charge in [-0.05, 0) is 6.07 Å². The van der Waals surface area contributed by atoms with Crippen LogP contribution in [0.2, 0.25) is 0 Å². The van der Waals surface area contributed by atoms with Crippen LogP contribution in [-0.2, 0) is 9.59 Å². The van der Waals surface area contributed by atoms with Crippen molar-refractivity contribution >= 4 is 17.6 Å². The first-order chi connectivity index (χ1) is 8.36. The summed E-state index contributed by atoms with van der Waals surface area (Å²) in [6.07, 6.45) is 0. The summed E-state index contributed by atoms with van der Waals surface area (Å²) in [4.78, 5) is 31.6. The van der Waals surface area contributed by atoms with Crippen molar-refractivity contribution in [1.29, 1.82) is 0 Å². The quantitative estimate of drug-likeness (QED) is 0.445. The van der Waals surface area contributed by atoms with Crippen molar-refractivity contribution in [1.82, 2.24) is 0 Å². The van der Waals surface area contributed by atoms with Crippen LogP contribution in [0.25, 0.3) is 0 Å². The van der Waals surface area contributed by atoms with Crippen molar-refractivity contribution in [3.8, 4) is 11.5 Å². The van der Waals surface area contributed by atoms with Crippen LogP contribution in [0.1, 0.15) is 0 Å². The van der Waals surface area contributed by atoms with Gasteiger partial charge in [0.2, 0.25) is 0 Å². The van der Waals surface area contributed by atoms with Gasteiger partial charge in [0.05, 0.1) is 11.0 Å². The Bertz CT molecular complexity index is 552. The van der Waals surface area contributed by atoms with E-state index >= 15 is 0 Å². The average Bonchev–Trinajstić information content (AvgIpc) is 2.68. The molecule has 0 saturated carbocycles. The average molecular weight is 255 g/mol. The lowest BCUT2D eigenvalue weighted by Crippen LogP contribution is -2.54. The number of carbonyl (C=O) groups is 2. The summed E-state index contributed by atoms with van der Waals surface area (Å²) in [5.41, 5.74) is -0.371. The standard InChI is InChI=1S/C9H5NO8/c11-7(12)9(8(13)14)17-5-2-1-4(10(15)16)3-6(5)18-9/h1-3H,(H,11,12)(H,13,14). The van der Waals surface area contributed by atoms with Gasteiger partial charge in [-0.1, -0.05) is 0 Å². The van der Waals surface area contributed by atoms with Gasteiger partial charge in [-0.15, -0.1) is 0 Å². The van der Waals surface area contributed by atoms with Crippen molar-refractivity contribution in [2.75, 3.05) is 0 Å². The molecule has 9 heteroatoms. The Morgan fingerprint density at radius 1 is 1.17 bits per heavy atom. The molecule has 18 heavy (non-hydrogen) atoms. The van der Waals surface area contributed by atoms with Crippen LogP contribution in [0.5, 0.6) is 11.5 Å². The second-order valence-electron chi connectivity index (χ2n) is 3.32. The maximum Gasteiger partial charge on any atom is 0.453 e. The molecule has 0 amide bonds. The Kier molecular flexibility index (Phi) is 2.32. The number of nitrogens with zero attached hydrogens (tertiary/aromatic N) is 1. The third-order valence-corrected chi connectivity index (χ3v) is 2.21. The number of nitro benzene ring substituents is 1. The van der Waals surface area contributed by atoms with Crippen LogP contribution < -0.4 is 9.47 Å². The number of hydrogen-bond donors (Lipinski definition) is 2. The maximum absolute atomic E-state index is 10.9. The van der Waals surface area contributed by atoms with Crippen molar-refractivity contribution in [2.45, 2.75) is 5.79 Å². The van der Waals surface area contributed by atoms with E-state index in [9.17, 15) is 19.7 Å². The molecule has 0 aliphatic carbocycles. The minimum Gasteiger partial charge on any atom is -0.475 e. The molecule has 0 saturated heterocycles. The van der Waals surface area contributed by atoms with E-state index in [0.717, 1.165) is 18.2 Å². The molecule has 0 unspecified atom stereocenters. The first-order valence-electron chi connectivity index (χ1n) is 4.50. The number of nitro groups is 1. The van der Waals surface area contributed by atoms with Crippen LogP contribution in [0.15, 0.2) is 18.2 Å². The molecule has 9 nitrogen and oxygen atoms in total. The van der Waals surface area contributed by atoms with Crippen molar-refractivity contribution < 1.29 is 34.2 Å². The fraction of sp³-hybridized carbons (Fsp3) is 0.111. The molecule has 0 bridgehead atoms. The van der Waals surface area contributed by atoms with Gasteiger partial charge >= 0.3 is 17.7 Å². The molecule has 0 spiro atoms.